The van der Waals surface area contributed by atoms with Crippen LogP contribution in [0.25, 0.3) is 12.2 Å². The quantitative estimate of drug-likeness (QED) is 0.799. The second-order valence-electron chi connectivity index (χ2n) is 4.52. The molecule has 1 aromatic rings. The fourth-order valence-electron chi connectivity index (χ4n) is 2.26. The third kappa shape index (κ3) is 3.42. The zero-order valence-electron chi connectivity index (χ0n) is 12.0. The molecule has 0 unspecified atom stereocenters. The van der Waals surface area contributed by atoms with E-state index in [2.05, 4.69) is 43.9 Å². The molecule has 0 bridgehead atoms. The second kappa shape index (κ2) is 6.70. The lowest BCUT2D eigenvalue weighted by atomic mass is 10.1. The maximum atomic E-state index is 5.58. The van der Waals surface area contributed by atoms with Crippen molar-refractivity contribution in [2.24, 2.45) is 5.73 Å². The van der Waals surface area contributed by atoms with Crippen LogP contribution in [0.4, 0.5) is 0 Å². The molecule has 1 heterocycles. The lowest BCUT2D eigenvalue weighted by Crippen LogP contribution is -1.99. The van der Waals surface area contributed by atoms with Gasteiger partial charge in [0.2, 0.25) is 0 Å². The number of allylic oxidation sites excluding steroid dienone is 2. The lowest BCUT2D eigenvalue weighted by molar-refractivity contribution is 0.733. The topological polar surface area (TPSA) is 30.9 Å². The summed E-state index contributed by atoms with van der Waals surface area (Å²) in [5, 5.41) is 0. The van der Waals surface area contributed by atoms with Crippen LogP contribution >= 0.6 is 0 Å². The summed E-state index contributed by atoms with van der Waals surface area (Å²) in [5.41, 5.74) is 11.1. The van der Waals surface area contributed by atoms with Crippen LogP contribution < -0.4 is 5.73 Å². The van der Waals surface area contributed by atoms with Crippen LogP contribution in [0.3, 0.4) is 0 Å². The zero-order valence-corrected chi connectivity index (χ0v) is 12.0. The monoisotopic (exact) mass is 254 g/mol. The average molecular weight is 254 g/mol. The Balaban J connectivity index is 3.24. The summed E-state index contributed by atoms with van der Waals surface area (Å²) in [7, 11) is 0. The molecule has 1 rings (SSSR count). The molecule has 0 spiro atoms. The number of rotatable bonds is 5. The molecule has 2 nitrogen and oxygen atoms in total. The van der Waals surface area contributed by atoms with Crippen LogP contribution in [0.2, 0.25) is 0 Å². The fourth-order valence-corrected chi connectivity index (χ4v) is 2.26. The maximum Gasteiger partial charge on any atom is 0.0441 e. The van der Waals surface area contributed by atoms with E-state index in [1.54, 1.807) is 6.08 Å². The first-order chi connectivity index (χ1) is 9.02. The minimum absolute atomic E-state index is 0.674. The Bertz CT molecular complexity index is 563. The third-order valence-corrected chi connectivity index (χ3v) is 3.19. The maximum absolute atomic E-state index is 5.58. The Morgan fingerprint density at radius 3 is 2.63 bits per heavy atom. The molecule has 19 heavy (non-hydrogen) atoms. The standard InChI is InChI=1S/C17H22N2/c1-6-8-11-16-14(4)17(12-9-10-13(3)18)19(7-2)15(16)5/h1,8-9,11-12H,3,7,10,18H2,2,4-5H3/b11-8-,12-9-. The Morgan fingerprint density at radius 2 is 2.11 bits per heavy atom. The summed E-state index contributed by atoms with van der Waals surface area (Å²) in [6.45, 7) is 11.0. The van der Waals surface area contributed by atoms with Gasteiger partial charge in [-0.1, -0.05) is 18.6 Å². The molecular weight excluding hydrogens is 232 g/mol. The van der Waals surface area contributed by atoms with Gasteiger partial charge in [0.25, 0.3) is 0 Å². The van der Waals surface area contributed by atoms with Gasteiger partial charge in [-0.05, 0) is 50.1 Å². The number of nitrogens with two attached hydrogens (primary N) is 1. The summed E-state index contributed by atoms with van der Waals surface area (Å²) < 4.78 is 2.28. The lowest BCUT2D eigenvalue weighted by Gasteiger charge is -2.05. The van der Waals surface area contributed by atoms with Crippen molar-refractivity contribution in [2.75, 3.05) is 0 Å². The first-order valence-corrected chi connectivity index (χ1v) is 6.45. The predicted molar refractivity (Wildman–Crippen MR) is 84.4 cm³/mol. The first kappa shape index (κ1) is 14.9. The Morgan fingerprint density at radius 1 is 1.42 bits per heavy atom. The van der Waals surface area contributed by atoms with E-state index in [0.717, 1.165) is 6.54 Å². The van der Waals surface area contributed by atoms with Gasteiger partial charge in [-0.2, -0.15) is 0 Å². The van der Waals surface area contributed by atoms with Gasteiger partial charge in [0, 0.05) is 30.1 Å². The Labute approximate surface area is 116 Å². The first-order valence-electron chi connectivity index (χ1n) is 6.45. The van der Waals surface area contributed by atoms with Crippen molar-refractivity contribution < 1.29 is 0 Å². The highest BCUT2D eigenvalue weighted by atomic mass is 15.0. The molecule has 100 valence electrons. The van der Waals surface area contributed by atoms with Gasteiger partial charge in [-0.3, -0.25) is 0 Å². The summed E-state index contributed by atoms with van der Waals surface area (Å²) in [6, 6.07) is 0. The number of hydrogen-bond donors (Lipinski definition) is 1. The van der Waals surface area contributed by atoms with Crippen LogP contribution in [0.15, 0.2) is 24.4 Å². The molecule has 2 heteroatoms. The van der Waals surface area contributed by atoms with E-state index in [-0.39, 0.29) is 0 Å². The van der Waals surface area contributed by atoms with E-state index < -0.39 is 0 Å². The molecule has 0 aliphatic heterocycles. The molecule has 0 saturated heterocycles. The van der Waals surface area contributed by atoms with Crippen LogP contribution in [-0.2, 0) is 6.54 Å². The van der Waals surface area contributed by atoms with Crippen molar-refractivity contribution in [3.8, 4) is 12.3 Å². The zero-order chi connectivity index (χ0) is 14.4. The average Bonchev–Trinajstić information content (AvgIpc) is 2.58. The summed E-state index contributed by atoms with van der Waals surface area (Å²) in [5.74, 6) is 2.54. The smallest absolute Gasteiger partial charge is 0.0441 e. The van der Waals surface area contributed by atoms with Gasteiger partial charge in [0.1, 0.15) is 0 Å². The number of nitrogens with zero attached hydrogens (tertiary/aromatic N) is 1. The Kier molecular flexibility index (Phi) is 5.26. The molecular formula is C17H22N2. The van der Waals surface area contributed by atoms with E-state index in [1.165, 1.54) is 22.5 Å². The summed E-state index contributed by atoms with van der Waals surface area (Å²) >= 11 is 0. The largest absolute Gasteiger partial charge is 0.402 e. The van der Waals surface area contributed by atoms with Crippen LogP contribution in [0, 0.1) is 26.2 Å². The molecule has 0 amide bonds. The van der Waals surface area contributed by atoms with Gasteiger partial charge in [0.05, 0.1) is 0 Å². The number of hydrogen-bond acceptors (Lipinski definition) is 1. The molecule has 0 fully saturated rings. The molecule has 1 aromatic heterocycles. The van der Waals surface area contributed by atoms with Gasteiger partial charge < -0.3 is 10.3 Å². The molecule has 0 atom stereocenters. The SMILES string of the molecule is C#C/C=C\c1c(C)c(/C=C\CC(=C)N)n(CC)c1C. The highest BCUT2D eigenvalue weighted by Crippen LogP contribution is 2.25. The molecule has 0 aliphatic carbocycles. The Hall–Kier alpha value is -2.14. The van der Waals surface area contributed by atoms with Gasteiger partial charge in [0.15, 0.2) is 0 Å². The van der Waals surface area contributed by atoms with Crippen LogP contribution in [-0.4, -0.2) is 4.57 Å². The van der Waals surface area contributed by atoms with Gasteiger partial charge >= 0.3 is 0 Å². The summed E-state index contributed by atoms with van der Waals surface area (Å²) in [6.07, 6.45) is 13.9. The molecule has 2 N–H and O–H groups in total. The van der Waals surface area contributed by atoms with Crippen molar-refractivity contribution in [3.05, 3.63) is 46.9 Å². The summed E-state index contributed by atoms with van der Waals surface area (Å²) in [4.78, 5) is 0. The van der Waals surface area contributed by atoms with Crippen molar-refractivity contribution in [2.45, 2.75) is 33.7 Å². The normalized spacial score (nSPS) is 11.3. The van der Waals surface area contributed by atoms with Crippen LogP contribution in [0.1, 0.15) is 35.9 Å². The van der Waals surface area contributed by atoms with Crippen molar-refractivity contribution >= 4 is 12.2 Å². The molecule has 0 aliphatic rings. The number of aromatic nitrogens is 1. The van der Waals surface area contributed by atoms with E-state index >= 15 is 0 Å². The predicted octanol–water partition coefficient (Wildman–Crippen LogP) is 3.65. The second-order valence-corrected chi connectivity index (χ2v) is 4.52. The van der Waals surface area contributed by atoms with E-state index in [1.807, 2.05) is 12.2 Å². The number of terminal acetylenes is 1. The van der Waals surface area contributed by atoms with Crippen LogP contribution in [0.5, 0.6) is 0 Å². The molecule has 0 saturated carbocycles. The van der Waals surface area contributed by atoms with E-state index in [4.69, 9.17) is 12.2 Å². The minimum atomic E-state index is 0.674. The minimum Gasteiger partial charge on any atom is -0.402 e. The van der Waals surface area contributed by atoms with Gasteiger partial charge in [-0.15, -0.1) is 6.42 Å². The van der Waals surface area contributed by atoms with Crippen molar-refractivity contribution in [1.82, 2.24) is 4.57 Å². The van der Waals surface area contributed by atoms with Gasteiger partial charge in [-0.25, -0.2) is 0 Å². The fraction of sp³-hybridized carbons (Fsp3) is 0.294. The van der Waals surface area contributed by atoms with E-state index in [9.17, 15) is 0 Å². The van der Waals surface area contributed by atoms with Crippen molar-refractivity contribution in [3.63, 3.8) is 0 Å². The van der Waals surface area contributed by atoms with Crippen molar-refractivity contribution in [1.29, 1.82) is 0 Å². The van der Waals surface area contributed by atoms with E-state index in [0.29, 0.717) is 12.1 Å². The highest BCUT2D eigenvalue weighted by molar-refractivity contribution is 5.66. The highest BCUT2D eigenvalue weighted by Gasteiger charge is 2.12. The third-order valence-electron chi connectivity index (χ3n) is 3.19. The molecule has 0 aromatic carbocycles. The molecule has 0 radical (unpaired) electrons.